The fourth-order valence-electron chi connectivity index (χ4n) is 3.18. The van der Waals surface area contributed by atoms with Gasteiger partial charge in [0.1, 0.15) is 0 Å². The number of benzene rings is 1. The number of pyridine rings is 1. The van der Waals surface area contributed by atoms with Gasteiger partial charge in [0.15, 0.2) is 0 Å². The quantitative estimate of drug-likeness (QED) is 0.849. The lowest BCUT2D eigenvalue weighted by Crippen LogP contribution is -2.48. The molecule has 1 N–H and O–H groups in total. The van der Waals surface area contributed by atoms with Crippen molar-refractivity contribution in [3.63, 3.8) is 0 Å². The summed E-state index contributed by atoms with van der Waals surface area (Å²) in [6.07, 6.45) is -2.64. The molecule has 28 heavy (non-hydrogen) atoms. The van der Waals surface area contributed by atoms with Crippen molar-refractivity contribution in [3.8, 4) is 0 Å². The van der Waals surface area contributed by atoms with Gasteiger partial charge >= 0.3 is 6.18 Å². The zero-order chi connectivity index (χ0) is 20.1. The Morgan fingerprint density at radius 1 is 1.11 bits per heavy atom. The third kappa shape index (κ3) is 5.53. The van der Waals surface area contributed by atoms with Crippen LogP contribution in [0.4, 0.5) is 18.9 Å². The Hall–Kier alpha value is -2.45. The highest BCUT2D eigenvalue weighted by molar-refractivity contribution is 5.92. The molecule has 2 heterocycles. The molecule has 0 bridgehead atoms. The highest BCUT2D eigenvalue weighted by Gasteiger charge is 2.30. The second-order valence-electron chi connectivity index (χ2n) is 6.95. The maximum absolute atomic E-state index is 12.8. The average Bonchev–Trinajstić information content (AvgIpc) is 2.65. The van der Waals surface area contributed by atoms with Gasteiger partial charge in [-0.3, -0.25) is 19.6 Å². The zero-order valence-corrected chi connectivity index (χ0v) is 15.7. The summed E-state index contributed by atoms with van der Waals surface area (Å²) in [5.74, 6) is -0.312. The van der Waals surface area contributed by atoms with Gasteiger partial charge in [-0.1, -0.05) is 12.1 Å². The maximum Gasteiger partial charge on any atom is 0.416 e. The summed E-state index contributed by atoms with van der Waals surface area (Å²) in [6.45, 7) is 6.05. The van der Waals surface area contributed by atoms with Crippen LogP contribution in [0.25, 0.3) is 0 Å². The number of carbonyl (C=O) groups excluding carboxylic acids is 1. The molecule has 0 saturated carbocycles. The summed E-state index contributed by atoms with van der Waals surface area (Å²) in [4.78, 5) is 20.9. The zero-order valence-electron chi connectivity index (χ0n) is 15.7. The predicted octanol–water partition coefficient (Wildman–Crippen LogP) is 3.17. The number of rotatable bonds is 5. The van der Waals surface area contributed by atoms with E-state index < -0.39 is 11.7 Å². The molecule has 1 fully saturated rings. The molecule has 1 aliphatic rings. The Kier molecular flexibility index (Phi) is 6.31. The van der Waals surface area contributed by atoms with Crippen LogP contribution in [-0.2, 0) is 17.5 Å². The summed E-state index contributed by atoms with van der Waals surface area (Å²) >= 11 is 0. The van der Waals surface area contributed by atoms with E-state index in [2.05, 4.69) is 15.2 Å². The van der Waals surface area contributed by atoms with Gasteiger partial charge in [-0.25, -0.2) is 0 Å². The lowest BCUT2D eigenvalue weighted by Gasteiger charge is -2.34. The first kappa shape index (κ1) is 20.3. The number of carbonyl (C=O) groups is 1. The molecule has 3 rings (SSSR count). The fourth-order valence-corrected chi connectivity index (χ4v) is 3.18. The van der Waals surface area contributed by atoms with Crippen LogP contribution >= 0.6 is 0 Å². The first-order valence-corrected chi connectivity index (χ1v) is 9.13. The summed E-state index contributed by atoms with van der Waals surface area (Å²) in [6, 6.07) is 8.64. The number of piperazine rings is 1. The van der Waals surface area contributed by atoms with Gasteiger partial charge in [0.05, 0.1) is 17.8 Å². The Labute approximate surface area is 162 Å². The molecule has 2 aromatic rings. The lowest BCUT2D eigenvalue weighted by molar-refractivity contribution is -0.137. The molecule has 1 aromatic heterocycles. The van der Waals surface area contributed by atoms with Gasteiger partial charge in [-0.15, -0.1) is 0 Å². The van der Waals surface area contributed by atoms with Crippen molar-refractivity contribution in [2.75, 3.05) is 38.0 Å². The van der Waals surface area contributed by atoms with Gasteiger partial charge in [0.25, 0.3) is 0 Å². The van der Waals surface area contributed by atoms with Crippen LogP contribution in [0.2, 0.25) is 0 Å². The molecule has 1 aliphatic heterocycles. The number of nitrogens with one attached hydrogen (secondary N) is 1. The standard InChI is InChI=1S/C20H23F3N4O/c1-15-4-3-7-24-18(15)13-26-8-10-27(11-9-26)14-19(28)25-17-6-2-5-16(12-17)20(21,22)23/h2-7,12H,8-11,13-14H2,1H3,(H,25,28). The van der Waals surface area contributed by atoms with Crippen molar-refractivity contribution in [2.45, 2.75) is 19.6 Å². The van der Waals surface area contributed by atoms with E-state index in [0.717, 1.165) is 56.1 Å². The number of nitrogens with zero attached hydrogens (tertiary/aromatic N) is 3. The SMILES string of the molecule is Cc1cccnc1CN1CCN(CC(=O)Nc2cccc(C(F)(F)F)c2)CC1. The molecule has 0 atom stereocenters. The summed E-state index contributed by atoms with van der Waals surface area (Å²) < 4.78 is 38.3. The van der Waals surface area contributed by atoms with E-state index in [1.165, 1.54) is 12.1 Å². The number of hydrogen-bond acceptors (Lipinski definition) is 4. The molecule has 0 radical (unpaired) electrons. The molecule has 0 aliphatic carbocycles. The van der Waals surface area contributed by atoms with E-state index >= 15 is 0 Å². The smallest absolute Gasteiger partial charge is 0.325 e. The predicted molar refractivity (Wildman–Crippen MR) is 101 cm³/mol. The number of anilines is 1. The minimum absolute atomic E-state index is 0.157. The van der Waals surface area contributed by atoms with Crippen LogP contribution in [0.5, 0.6) is 0 Å². The third-order valence-electron chi connectivity index (χ3n) is 4.80. The van der Waals surface area contributed by atoms with Crippen LogP contribution in [0.3, 0.4) is 0 Å². The molecule has 1 saturated heterocycles. The van der Waals surface area contributed by atoms with Crippen molar-refractivity contribution in [1.29, 1.82) is 0 Å². The summed E-state index contributed by atoms with van der Waals surface area (Å²) in [7, 11) is 0. The van der Waals surface area contributed by atoms with Crippen LogP contribution < -0.4 is 5.32 Å². The number of aromatic nitrogens is 1. The molecule has 1 aromatic carbocycles. The topological polar surface area (TPSA) is 48.5 Å². The van der Waals surface area contributed by atoms with Crippen molar-refractivity contribution in [1.82, 2.24) is 14.8 Å². The Bertz CT molecular complexity index is 817. The second kappa shape index (κ2) is 8.70. The van der Waals surface area contributed by atoms with Gasteiger partial charge in [-0.2, -0.15) is 13.2 Å². The number of halogens is 3. The highest BCUT2D eigenvalue weighted by atomic mass is 19.4. The number of alkyl halides is 3. The minimum Gasteiger partial charge on any atom is -0.325 e. The van der Waals surface area contributed by atoms with Crippen molar-refractivity contribution in [2.24, 2.45) is 0 Å². The second-order valence-corrected chi connectivity index (χ2v) is 6.95. The van der Waals surface area contributed by atoms with Crippen molar-refractivity contribution >= 4 is 11.6 Å². The van der Waals surface area contributed by atoms with E-state index in [0.29, 0.717) is 0 Å². The number of aryl methyl sites for hydroxylation is 1. The molecular formula is C20H23F3N4O. The normalized spacial score (nSPS) is 16.1. The van der Waals surface area contributed by atoms with Gasteiger partial charge in [0.2, 0.25) is 5.91 Å². The van der Waals surface area contributed by atoms with Gasteiger partial charge in [0, 0.05) is 44.6 Å². The van der Waals surface area contributed by atoms with E-state index in [1.807, 2.05) is 24.0 Å². The van der Waals surface area contributed by atoms with Gasteiger partial charge < -0.3 is 5.32 Å². The average molecular weight is 392 g/mol. The largest absolute Gasteiger partial charge is 0.416 e. The molecule has 8 heteroatoms. The first-order chi connectivity index (χ1) is 13.3. The van der Waals surface area contributed by atoms with E-state index in [9.17, 15) is 18.0 Å². The monoisotopic (exact) mass is 392 g/mol. The van der Waals surface area contributed by atoms with Crippen LogP contribution in [0, 0.1) is 6.92 Å². The third-order valence-corrected chi connectivity index (χ3v) is 4.80. The maximum atomic E-state index is 12.8. The van der Waals surface area contributed by atoms with Crippen molar-refractivity contribution < 1.29 is 18.0 Å². The Balaban J connectivity index is 1.47. The van der Waals surface area contributed by atoms with E-state index in [4.69, 9.17) is 0 Å². The minimum atomic E-state index is -4.43. The fraction of sp³-hybridized carbons (Fsp3) is 0.400. The first-order valence-electron chi connectivity index (χ1n) is 9.13. The summed E-state index contributed by atoms with van der Waals surface area (Å²) in [5.41, 5.74) is 1.59. The van der Waals surface area contributed by atoms with Crippen LogP contribution in [0.15, 0.2) is 42.6 Å². The Morgan fingerprint density at radius 2 is 1.82 bits per heavy atom. The number of hydrogen-bond donors (Lipinski definition) is 1. The van der Waals surface area contributed by atoms with Crippen molar-refractivity contribution in [3.05, 3.63) is 59.4 Å². The highest BCUT2D eigenvalue weighted by Crippen LogP contribution is 2.30. The molecule has 150 valence electrons. The number of amides is 1. The Morgan fingerprint density at radius 3 is 2.50 bits per heavy atom. The molecule has 0 spiro atoms. The molecular weight excluding hydrogens is 369 g/mol. The molecule has 0 unspecified atom stereocenters. The summed E-state index contributed by atoms with van der Waals surface area (Å²) in [5, 5.41) is 2.56. The van der Waals surface area contributed by atoms with E-state index in [-0.39, 0.29) is 18.1 Å². The molecule has 5 nitrogen and oxygen atoms in total. The van der Waals surface area contributed by atoms with Crippen LogP contribution in [-0.4, -0.2) is 53.4 Å². The van der Waals surface area contributed by atoms with Crippen LogP contribution in [0.1, 0.15) is 16.8 Å². The molecule has 1 amide bonds. The van der Waals surface area contributed by atoms with Gasteiger partial charge in [-0.05, 0) is 36.8 Å². The van der Waals surface area contributed by atoms with E-state index in [1.54, 1.807) is 6.20 Å². The lowest BCUT2D eigenvalue weighted by atomic mass is 10.2.